The second kappa shape index (κ2) is 13.3. The summed E-state index contributed by atoms with van der Waals surface area (Å²) in [6.45, 7) is 5.34. The standard InChI is InChI=1S/C25H34N2O4/c1-4-17-26-25(29)20(2)27(18-16-21-9-6-5-7-10-21)24(28)11-8-19-31-23-14-12-22(30-3)13-15-23/h5-7,9-10,12-15,20H,4,8,11,16-19H2,1-3H3,(H,26,29). The van der Waals surface area contributed by atoms with E-state index in [9.17, 15) is 9.59 Å². The van der Waals surface area contributed by atoms with Crippen LogP contribution >= 0.6 is 0 Å². The minimum absolute atomic E-state index is 0.0339. The maximum Gasteiger partial charge on any atom is 0.242 e. The van der Waals surface area contributed by atoms with E-state index in [1.807, 2.05) is 61.5 Å². The van der Waals surface area contributed by atoms with Gasteiger partial charge in [0.2, 0.25) is 11.8 Å². The van der Waals surface area contributed by atoms with E-state index in [-0.39, 0.29) is 11.8 Å². The van der Waals surface area contributed by atoms with Crippen molar-refractivity contribution in [3.63, 3.8) is 0 Å². The molecule has 2 amide bonds. The quantitative estimate of drug-likeness (QED) is 0.494. The van der Waals surface area contributed by atoms with Crippen molar-refractivity contribution in [2.24, 2.45) is 0 Å². The summed E-state index contributed by atoms with van der Waals surface area (Å²) in [4.78, 5) is 27.1. The Balaban J connectivity index is 1.89. The molecule has 2 rings (SSSR count). The minimum Gasteiger partial charge on any atom is -0.497 e. The van der Waals surface area contributed by atoms with Crippen LogP contribution in [0.25, 0.3) is 0 Å². The fraction of sp³-hybridized carbons (Fsp3) is 0.440. The second-order valence-corrected chi connectivity index (χ2v) is 7.42. The van der Waals surface area contributed by atoms with E-state index in [1.54, 1.807) is 18.9 Å². The normalized spacial score (nSPS) is 11.5. The summed E-state index contributed by atoms with van der Waals surface area (Å²) < 4.78 is 10.9. The number of carbonyl (C=O) groups is 2. The number of carbonyl (C=O) groups excluding carboxylic acids is 2. The average Bonchev–Trinajstić information content (AvgIpc) is 2.81. The monoisotopic (exact) mass is 426 g/mol. The first kappa shape index (κ1) is 24.3. The van der Waals surface area contributed by atoms with Crippen molar-refractivity contribution in [3.8, 4) is 11.5 Å². The number of nitrogens with one attached hydrogen (secondary N) is 1. The van der Waals surface area contributed by atoms with Gasteiger partial charge in [0, 0.05) is 19.5 Å². The number of amides is 2. The van der Waals surface area contributed by atoms with Crippen LogP contribution in [0.4, 0.5) is 0 Å². The molecule has 0 aromatic heterocycles. The second-order valence-electron chi connectivity index (χ2n) is 7.42. The van der Waals surface area contributed by atoms with Gasteiger partial charge in [0.1, 0.15) is 17.5 Å². The summed E-state index contributed by atoms with van der Waals surface area (Å²) in [7, 11) is 1.62. The van der Waals surface area contributed by atoms with E-state index in [0.29, 0.717) is 39.0 Å². The van der Waals surface area contributed by atoms with Gasteiger partial charge in [-0.2, -0.15) is 0 Å². The van der Waals surface area contributed by atoms with Gasteiger partial charge in [-0.25, -0.2) is 0 Å². The Labute approximate surface area is 185 Å². The molecule has 1 N–H and O–H groups in total. The Morgan fingerprint density at radius 1 is 1.03 bits per heavy atom. The zero-order valence-corrected chi connectivity index (χ0v) is 18.8. The van der Waals surface area contributed by atoms with Crippen molar-refractivity contribution in [2.75, 3.05) is 26.8 Å². The first-order chi connectivity index (χ1) is 15.0. The molecule has 0 aliphatic carbocycles. The van der Waals surface area contributed by atoms with Gasteiger partial charge >= 0.3 is 0 Å². The zero-order valence-electron chi connectivity index (χ0n) is 18.8. The van der Waals surface area contributed by atoms with Gasteiger partial charge < -0.3 is 19.7 Å². The van der Waals surface area contributed by atoms with Crippen LogP contribution in [0.3, 0.4) is 0 Å². The number of rotatable bonds is 13. The van der Waals surface area contributed by atoms with Crippen molar-refractivity contribution in [1.82, 2.24) is 10.2 Å². The number of ether oxygens (including phenoxy) is 2. The fourth-order valence-corrected chi connectivity index (χ4v) is 3.19. The molecule has 1 unspecified atom stereocenters. The molecule has 0 heterocycles. The molecule has 6 nitrogen and oxygen atoms in total. The lowest BCUT2D eigenvalue weighted by Gasteiger charge is -2.29. The van der Waals surface area contributed by atoms with Crippen molar-refractivity contribution in [1.29, 1.82) is 0 Å². The third kappa shape index (κ3) is 8.32. The van der Waals surface area contributed by atoms with Gasteiger partial charge in [0.25, 0.3) is 0 Å². The van der Waals surface area contributed by atoms with Crippen LogP contribution in [0.1, 0.15) is 38.7 Å². The largest absolute Gasteiger partial charge is 0.497 e. The molecule has 0 spiro atoms. The molecular formula is C25H34N2O4. The SMILES string of the molecule is CCCNC(=O)C(C)N(CCc1ccccc1)C(=O)CCCOc1ccc(OC)cc1. The maximum absolute atomic E-state index is 13.0. The molecule has 0 bridgehead atoms. The van der Waals surface area contributed by atoms with Gasteiger partial charge in [-0.3, -0.25) is 9.59 Å². The van der Waals surface area contributed by atoms with Gasteiger partial charge in [-0.05, 0) is 56.0 Å². The molecule has 0 aliphatic heterocycles. The number of methoxy groups -OCH3 is 1. The van der Waals surface area contributed by atoms with E-state index < -0.39 is 6.04 Å². The average molecular weight is 427 g/mol. The summed E-state index contributed by atoms with van der Waals surface area (Å²) in [6, 6.07) is 16.8. The van der Waals surface area contributed by atoms with Crippen LogP contribution in [-0.2, 0) is 16.0 Å². The Morgan fingerprint density at radius 2 is 1.71 bits per heavy atom. The van der Waals surface area contributed by atoms with E-state index >= 15 is 0 Å². The topological polar surface area (TPSA) is 67.9 Å². The Kier molecular flexibility index (Phi) is 10.4. The highest BCUT2D eigenvalue weighted by Gasteiger charge is 2.25. The number of nitrogens with zero attached hydrogens (tertiary/aromatic N) is 1. The fourth-order valence-electron chi connectivity index (χ4n) is 3.19. The lowest BCUT2D eigenvalue weighted by atomic mass is 10.1. The first-order valence-electron chi connectivity index (χ1n) is 10.9. The highest BCUT2D eigenvalue weighted by molar-refractivity contribution is 5.87. The van der Waals surface area contributed by atoms with Gasteiger partial charge in [0.15, 0.2) is 0 Å². The smallest absolute Gasteiger partial charge is 0.242 e. The lowest BCUT2D eigenvalue weighted by Crippen LogP contribution is -2.49. The van der Waals surface area contributed by atoms with E-state index in [4.69, 9.17) is 9.47 Å². The van der Waals surface area contributed by atoms with Gasteiger partial charge in [-0.1, -0.05) is 37.3 Å². The van der Waals surface area contributed by atoms with Crippen LogP contribution in [0, 0.1) is 0 Å². The van der Waals surface area contributed by atoms with Crippen molar-refractivity contribution < 1.29 is 19.1 Å². The molecule has 0 saturated carbocycles. The van der Waals surface area contributed by atoms with Gasteiger partial charge in [-0.15, -0.1) is 0 Å². The van der Waals surface area contributed by atoms with Crippen LogP contribution in [-0.4, -0.2) is 49.6 Å². The Hall–Kier alpha value is -3.02. The zero-order chi connectivity index (χ0) is 22.5. The van der Waals surface area contributed by atoms with Crippen LogP contribution in [0.5, 0.6) is 11.5 Å². The highest BCUT2D eigenvalue weighted by atomic mass is 16.5. The molecule has 0 radical (unpaired) electrons. The maximum atomic E-state index is 13.0. The Morgan fingerprint density at radius 3 is 2.35 bits per heavy atom. The molecule has 1 atom stereocenters. The summed E-state index contributed by atoms with van der Waals surface area (Å²) in [5, 5.41) is 2.90. The molecule has 6 heteroatoms. The number of hydrogen-bond donors (Lipinski definition) is 1. The van der Waals surface area contributed by atoms with Crippen LogP contribution in [0.15, 0.2) is 54.6 Å². The number of benzene rings is 2. The summed E-state index contributed by atoms with van der Waals surface area (Å²) in [6.07, 6.45) is 2.48. The highest BCUT2D eigenvalue weighted by Crippen LogP contribution is 2.17. The third-order valence-corrected chi connectivity index (χ3v) is 5.06. The minimum atomic E-state index is -0.509. The predicted molar refractivity (Wildman–Crippen MR) is 122 cm³/mol. The van der Waals surface area contributed by atoms with Crippen LogP contribution < -0.4 is 14.8 Å². The van der Waals surface area contributed by atoms with Crippen molar-refractivity contribution in [3.05, 3.63) is 60.2 Å². The summed E-state index contributed by atoms with van der Waals surface area (Å²) in [5.74, 6) is 1.36. The van der Waals surface area contributed by atoms with E-state index in [0.717, 1.165) is 23.5 Å². The van der Waals surface area contributed by atoms with E-state index in [1.165, 1.54) is 0 Å². The predicted octanol–water partition coefficient (Wildman–Crippen LogP) is 3.84. The van der Waals surface area contributed by atoms with E-state index in [2.05, 4.69) is 5.32 Å². The van der Waals surface area contributed by atoms with Crippen molar-refractivity contribution >= 4 is 11.8 Å². The third-order valence-electron chi connectivity index (χ3n) is 5.06. The number of hydrogen-bond acceptors (Lipinski definition) is 4. The first-order valence-corrected chi connectivity index (χ1v) is 10.9. The van der Waals surface area contributed by atoms with Crippen LogP contribution in [0.2, 0.25) is 0 Å². The van der Waals surface area contributed by atoms with Crippen molar-refractivity contribution in [2.45, 2.75) is 45.6 Å². The molecule has 2 aromatic carbocycles. The molecule has 0 aliphatic rings. The van der Waals surface area contributed by atoms with Gasteiger partial charge in [0.05, 0.1) is 13.7 Å². The summed E-state index contributed by atoms with van der Waals surface area (Å²) in [5.41, 5.74) is 1.14. The molecular weight excluding hydrogens is 392 g/mol. The lowest BCUT2D eigenvalue weighted by molar-refractivity contribution is -0.140. The molecule has 168 valence electrons. The Bertz CT molecular complexity index is 793. The molecule has 0 saturated heterocycles. The molecule has 31 heavy (non-hydrogen) atoms. The molecule has 2 aromatic rings. The summed E-state index contributed by atoms with van der Waals surface area (Å²) >= 11 is 0. The molecule has 0 fully saturated rings.